The molecule has 0 spiro atoms. The second kappa shape index (κ2) is 7.06. The summed E-state index contributed by atoms with van der Waals surface area (Å²) >= 11 is 4.00. The van der Waals surface area contributed by atoms with E-state index in [2.05, 4.69) is 4.98 Å². The molecule has 0 saturated heterocycles. The summed E-state index contributed by atoms with van der Waals surface area (Å²) in [4.78, 5) is 30.2. The molecule has 0 aliphatic heterocycles. The van der Waals surface area contributed by atoms with Crippen LogP contribution in [0.15, 0.2) is 21.9 Å². The largest absolute Gasteiger partial charge is 0.477 e. The molecule has 0 radical (unpaired) electrons. The SMILES string of the molecule is Cc1nc(SCC(=O)N(C)Cc2cccs2)sc1C(=O)O. The number of hydrogen-bond acceptors (Lipinski definition) is 6. The standard InChI is InChI=1S/C13H14N2O3S3/c1-8-11(12(17)18)21-13(14-8)20-7-10(16)15(2)6-9-4-3-5-19-9/h3-5H,6-7H2,1-2H3,(H,17,18). The van der Waals surface area contributed by atoms with Crippen LogP contribution in [-0.4, -0.2) is 39.7 Å². The molecule has 0 unspecified atom stereocenters. The highest BCUT2D eigenvalue weighted by atomic mass is 32.2. The summed E-state index contributed by atoms with van der Waals surface area (Å²) in [6.07, 6.45) is 0. The van der Waals surface area contributed by atoms with Crippen molar-refractivity contribution in [3.63, 3.8) is 0 Å². The number of carboxylic acid groups (broad SMARTS) is 1. The van der Waals surface area contributed by atoms with E-state index < -0.39 is 5.97 Å². The molecule has 0 fully saturated rings. The van der Waals surface area contributed by atoms with E-state index in [9.17, 15) is 9.59 Å². The number of carbonyl (C=O) groups is 2. The van der Waals surface area contributed by atoms with Crippen LogP contribution in [0.2, 0.25) is 0 Å². The molecule has 2 aromatic rings. The second-order valence-electron chi connectivity index (χ2n) is 4.32. The Morgan fingerprint density at radius 3 is 2.81 bits per heavy atom. The minimum absolute atomic E-state index is 0.00173. The summed E-state index contributed by atoms with van der Waals surface area (Å²) in [6, 6.07) is 3.95. The highest BCUT2D eigenvalue weighted by Gasteiger charge is 2.16. The van der Waals surface area contributed by atoms with Crippen molar-refractivity contribution in [3.05, 3.63) is 33.0 Å². The van der Waals surface area contributed by atoms with Gasteiger partial charge in [-0.2, -0.15) is 0 Å². The van der Waals surface area contributed by atoms with Gasteiger partial charge in [0.1, 0.15) is 4.88 Å². The zero-order valence-corrected chi connectivity index (χ0v) is 14.0. The van der Waals surface area contributed by atoms with Crippen LogP contribution in [0.1, 0.15) is 20.2 Å². The van der Waals surface area contributed by atoms with E-state index in [0.717, 1.165) is 16.2 Å². The van der Waals surface area contributed by atoms with Crippen molar-refractivity contribution in [3.8, 4) is 0 Å². The topological polar surface area (TPSA) is 70.5 Å². The Balaban J connectivity index is 1.88. The molecule has 0 aliphatic carbocycles. The normalized spacial score (nSPS) is 10.6. The first-order valence-electron chi connectivity index (χ1n) is 6.07. The summed E-state index contributed by atoms with van der Waals surface area (Å²) in [5.41, 5.74) is 0.495. The van der Waals surface area contributed by atoms with E-state index in [4.69, 9.17) is 5.11 Å². The van der Waals surface area contributed by atoms with E-state index in [-0.39, 0.29) is 16.5 Å². The van der Waals surface area contributed by atoms with Gasteiger partial charge in [-0.3, -0.25) is 4.79 Å². The maximum Gasteiger partial charge on any atom is 0.347 e. The highest BCUT2D eigenvalue weighted by Crippen LogP contribution is 2.27. The lowest BCUT2D eigenvalue weighted by atomic mass is 10.4. The van der Waals surface area contributed by atoms with Gasteiger partial charge in [-0.25, -0.2) is 9.78 Å². The number of rotatable bonds is 6. The van der Waals surface area contributed by atoms with Crippen LogP contribution in [0.3, 0.4) is 0 Å². The lowest BCUT2D eigenvalue weighted by Crippen LogP contribution is -2.27. The number of aromatic nitrogens is 1. The van der Waals surface area contributed by atoms with Crippen molar-refractivity contribution in [2.45, 2.75) is 17.8 Å². The van der Waals surface area contributed by atoms with Crippen LogP contribution in [0, 0.1) is 6.92 Å². The van der Waals surface area contributed by atoms with Crippen LogP contribution >= 0.6 is 34.4 Å². The fourth-order valence-corrected chi connectivity index (χ4v) is 4.32. The van der Waals surface area contributed by atoms with Crippen molar-refractivity contribution >= 4 is 46.3 Å². The maximum atomic E-state index is 12.0. The number of thiazole rings is 1. The minimum atomic E-state index is -0.974. The first-order chi connectivity index (χ1) is 9.97. The molecule has 8 heteroatoms. The van der Waals surface area contributed by atoms with E-state index >= 15 is 0 Å². The van der Waals surface area contributed by atoms with Crippen LogP contribution in [-0.2, 0) is 11.3 Å². The van der Waals surface area contributed by atoms with Crippen LogP contribution in [0.4, 0.5) is 0 Å². The molecule has 2 aromatic heterocycles. The number of aromatic carboxylic acids is 1. The summed E-state index contributed by atoms with van der Waals surface area (Å²) in [6.45, 7) is 2.25. The van der Waals surface area contributed by atoms with Gasteiger partial charge in [-0.1, -0.05) is 17.8 Å². The van der Waals surface area contributed by atoms with Gasteiger partial charge in [0.05, 0.1) is 18.0 Å². The molecular weight excluding hydrogens is 328 g/mol. The molecule has 1 N–H and O–H groups in total. The Hall–Kier alpha value is -1.38. The van der Waals surface area contributed by atoms with Crippen molar-refractivity contribution < 1.29 is 14.7 Å². The number of hydrogen-bond donors (Lipinski definition) is 1. The Morgan fingerprint density at radius 1 is 1.48 bits per heavy atom. The molecular formula is C13H14N2O3S3. The lowest BCUT2D eigenvalue weighted by Gasteiger charge is -2.15. The molecule has 1 amide bonds. The number of amides is 1. The van der Waals surface area contributed by atoms with Crippen molar-refractivity contribution in [1.82, 2.24) is 9.88 Å². The van der Waals surface area contributed by atoms with Gasteiger partial charge >= 0.3 is 5.97 Å². The molecule has 2 heterocycles. The van der Waals surface area contributed by atoms with E-state index in [1.54, 1.807) is 30.2 Å². The molecule has 0 aliphatic rings. The Morgan fingerprint density at radius 2 is 2.24 bits per heavy atom. The van der Waals surface area contributed by atoms with E-state index in [1.807, 2.05) is 17.5 Å². The molecule has 2 rings (SSSR count). The lowest BCUT2D eigenvalue weighted by molar-refractivity contribution is -0.127. The smallest absolute Gasteiger partial charge is 0.347 e. The first-order valence-corrected chi connectivity index (χ1v) is 8.75. The van der Waals surface area contributed by atoms with Gasteiger partial charge in [-0.15, -0.1) is 22.7 Å². The van der Waals surface area contributed by atoms with Gasteiger partial charge in [-0.05, 0) is 18.4 Å². The number of carbonyl (C=O) groups excluding carboxylic acids is 1. The molecule has 5 nitrogen and oxygen atoms in total. The average molecular weight is 342 g/mol. The number of nitrogens with zero attached hydrogens (tertiary/aromatic N) is 2. The van der Waals surface area contributed by atoms with Crippen molar-refractivity contribution in [2.75, 3.05) is 12.8 Å². The zero-order valence-electron chi connectivity index (χ0n) is 11.5. The Labute approximate surface area is 134 Å². The monoisotopic (exact) mass is 342 g/mol. The number of aryl methyl sites for hydroxylation is 1. The highest BCUT2D eigenvalue weighted by molar-refractivity contribution is 8.01. The maximum absolute atomic E-state index is 12.0. The summed E-state index contributed by atoms with van der Waals surface area (Å²) in [7, 11) is 1.76. The van der Waals surface area contributed by atoms with Gasteiger partial charge in [0, 0.05) is 11.9 Å². The van der Waals surface area contributed by atoms with Crippen LogP contribution in [0.25, 0.3) is 0 Å². The van der Waals surface area contributed by atoms with E-state index in [1.165, 1.54) is 11.8 Å². The summed E-state index contributed by atoms with van der Waals surface area (Å²) < 4.78 is 0.614. The van der Waals surface area contributed by atoms with E-state index in [0.29, 0.717) is 16.6 Å². The van der Waals surface area contributed by atoms with Crippen LogP contribution < -0.4 is 0 Å². The Kier molecular flexibility index (Phi) is 5.38. The predicted molar refractivity (Wildman–Crippen MR) is 85.3 cm³/mol. The second-order valence-corrected chi connectivity index (χ2v) is 7.57. The first kappa shape index (κ1) is 16.0. The quantitative estimate of drug-likeness (QED) is 0.817. The molecule has 0 aromatic carbocycles. The zero-order chi connectivity index (χ0) is 15.4. The van der Waals surface area contributed by atoms with Crippen molar-refractivity contribution in [1.29, 1.82) is 0 Å². The van der Waals surface area contributed by atoms with Gasteiger partial charge in [0.15, 0.2) is 4.34 Å². The molecule has 21 heavy (non-hydrogen) atoms. The fraction of sp³-hybridized carbons (Fsp3) is 0.308. The number of carboxylic acids is 1. The van der Waals surface area contributed by atoms with Crippen molar-refractivity contribution in [2.24, 2.45) is 0 Å². The third-order valence-electron chi connectivity index (χ3n) is 2.69. The number of thiophene rings is 1. The van der Waals surface area contributed by atoms with Gasteiger partial charge in [0.2, 0.25) is 5.91 Å². The van der Waals surface area contributed by atoms with Crippen LogP contribution in [0.5, 0.6) is 0 Å². The van der Waals surface area contributed by atoms with Gasteiger partial charge in [0.25, 0.3) is 0 Å². The third-order valence-corrected chi connectivity index (χ3v) is 5.82. The minimum Gasteiger partial charge on any atom is -0.477 e. The molecule has 0 saturated carbocycles. The molecule has 112 valence electrons. The molecule has 0 atom stereocenters. The molecule has 0 bridgehead atoms. The number of thioether (sulfide) groups is 1. The predicted octanol–water partition coefficient (Wildman–Crippen LogP) is 2.96. The summed E-state index contributed by atoms with van der Waals surface area (Å²) in [5, 5.41) is 11.0. The van der Waals surface area contributed by atoms with Gasteiger partial charge < -0.3 is 10.0 Å². The average Bonchev–Trinajstić information content (AvgIpc) is 3.05. The summed E-state index contributed by atoms with van der Waals surface area (Å²) in [5.74, 6) is -0.718. The fourth-order valence-electron chi connectivity index (χ4n) is 1.59. The third kappa shape index (κ3) is 4.29. The Bertz CT molecular complexity index is 637.